The molecule has 0 aromatic heterocycles. The molecule has 1 aromatic rings. The van der Waals surface area contributed by atoms with Crippen molar-refractivity contribution in [2.24, 2.45) is 5.73 Å². The maximum Gasteiger partial charge on any atom is 0.305 e. The van der Waals surface area contributed by atoms with Gasteiger partial charge in [-0.05, 0) is 38.8 Å². The first-order valence-corrected chi connectivity index (χ1v) is 16.7. The highest BCUT2D eigenvalue weighted by molar-refractivity contribution is 7.80. The number of carbonyl (C=O) groups excluding carboxylic acids is 7. The first kappa shape index (κ1) is 42.4. The van der Waals surface area contributed by atoms with Gasteiger partial charge in [0.1, 0.15) is 36.3 Å². The van der Waals surface area contributed by atoms with Gasteiger partial charge in [0.05, 0.1) is 25.2 Å². The minimum Gasteiger partial charge on any atom is -0.481 e. The molecule has 1 fully saturated rings. The Labute approximate surface area is 299 Å². The fraction of sp³-hybridized carbons (Fsp3) is 0.548. The Morgan fingerprint density at radius 2 is 1.41 bits per heavy atom. The minimum absolute atomic E-state index is 0.119. The van der Waals surface area contributed by atoms with Crippen molar-refractivity contribution in [3.05, 3.63) is 35.9 Å². The fourth-order valence-electron chi connectivity index (χ4n) is 4.89. The molecule has 0 aliphatic carbocycles. The van der Waals surface area contributed by atoms with Gasteiger partial charge in [0.25, 0.3) is 0 Å². The van der Waals surface area contributed by atoms with Crippen LogP contribution in [0.15, 0.2) is 30.3 Å². The number of hydrogen-bond donors (Lipinski definition) is 12. The molecule has 0 bridgehead atoms. The van der Waals surface area contributed by atoms with Crippen LogP contribution in [0.1, 0.15) is 38.7 Å². The van der Waals surface area contributed by atoms with Crippen molar-refractivity contribution >= 4 is 59.9 Å². The highest BCUT2D eigenvalue weighted by Crippen LogP contribution is 2.09. The Kier molecular flexibility index (Phi) is 17.3. The summed E-state index contributed by atoms with van der Waals surface area (Å²) in [6.45, 7) is 2.26. The third-order valence-electron chi connectivity index (χ3n) is 7.78. The molecule has 51 heavy (non-hydrogen) atoms. The van der Waals surface area contributed by atoms with Crippen LogP contribution in [-0.4, -0.2) is 130 Å². The summed E-state index contributed by atoms with van der Waals surface area (Å²) in [5.74, 6) is -8.31. The average Bonchev–Trinajstić information content (AvgIpc) is 3.63. The second kappa shape index (κ2) is 20.8. The summed E-state index contributed by atoms with van der Waals surface area (Å²) in [5, 5.41) is 45.8. The fourth-order valence-corrected chi connectivity index (χ4v) is 5.15. The molecule has 20 heteroatoms. The molecule has 1 aliphatic rings. The largest absolute Gasteiger partial charge is 0.481 e. The number of aliphatic hydroxyl groups is 2. The maximum atomic E-state index is 13.3. The van der Waals surface area contributed by atoms with Crippen molar-refractivity contribution in [1.29, 1.82) is 0 Å². The summed E-state index contributed by atoms with van der Waals surface area (Å²) in [5.41, 5.74) is 5.82. The summed E-state index contributed by atoms with van der Waals surface area (Å²) in [6.07, 6.45) is -0.962. The van der Waals surface area contributed by atoms with Gasteiger partial charge in [0, 0.05) is 12.2 Å². The number of nitrogens with two attached hydrogens (primary N) is 1. The molecule has 282 valence electrons. The van der Waals surface area contributed by atoms with Crippen LogP contribution in [0.2, 0.25) is 0 Å². The molecule has 0 saturated carbocycles. The number of carboxylic acids is 1. The molecular weight excluding hydrogens is 692 g/mol. The number of carboxylic acid groups (broad SMARTS) is 1. The van der Waals surface area contributed by atoms with Crippen molar-refractivity contribution < 1.29 is 53.7 Å². The van der Waals surface area contributed by atoms with Crippen LogP contribution in [0.3, 0.4) is 0 Å². The maximum absolute atomic E-state index is 13.3. The Hall–Kier alpha value is -4.79. The van der Waals surface area contributed by atoms with E-state index in [0.29, 0.717) is 13.0 Å². The predicted molar refractivity (Wildman–Crippen MR) is 182 cm³/mol. The zero-order valence-electron chi connectivity index (χ0n) is 28.1. The summed E-state index contributed by atoms with van der Waals surface area (Å²) >= 11 is 4.02. The molecule has 12 N–H and O–H groups in total. The van der Waals surface area contributed by atoms with Crippen LogP contribution < -0.4 is 43.0 Å². The van der Waals surface area contributed by atoms with Gasteiger partial charge in [-0.3, -0.25) is 38.4 Å². The highest BCUT2D eigenvalue weighted by atomic mass is 32.1. The minimum atomic E-state index is -1.77. The number of thiol groups is 1. The highest BCUT2D eigenvalue weighted by Gasteiger charge is 2.34. The van der Waals surface area contributed by atoms with Crippen LogP contribution in [-0.2, 0) is 44.8 Å². The lowest BCUT2D eigenvalue weighted by atomic mass is 10.0. The number of amides is 7. The van der Waals surface area contributed by atoms with Gasteiger partial charge in [0.15, 0.2) is 0 Å². The molecular formula is C31H46N8O11S. The predicted octanol–water partition coefficient (Wildman–Crippen LogP) is -4.83. The molecule has 2 rings (SSSR count). The smallest absolute Gasteiger partial charge is 0.305 e. The Balaban J connectivity index is 2.10. The van der Waals surface area contributed by atoms with Crippen molar-refractivity contribution in [3.8, 4) is 0 Å². The molecule has 8 atom stereocenters. The molecule has 7 amide bonds. The Morgan fingerprint density at radius 3 is 1.94 bits per heavy atom. The zero-order chi connectivity index (χ0) is 38.2. The van der Waals surface area contributed by atoms with Crippen LogP contribution in [0, 0.1) is 0 Å². The van der Waals surface area contributed by atoms with Crippen LogP contribution in [0.5, 0.6) is 0 Å². The van der Waals surface area contributed by atoms with Crippen molar-refractivity contribution in [2.45, 2.75) is 87.9 Å². The molecule has 1 aliphatic heterocycles. The van der Waals surface area contributed by atoms with Crippen LogP contribution >= 0.6 is 12.6 Å². The molecule has 19 nitrogen and oxygen atoms in total. The topological polar surface area (TPSA) is 307 Å². The number of aliphatic hydroxyl groups excluding tert-OH is 2. The Morgan fingerprint density at radius 1 is 0.824 bits per heavy atom. The monoisotopic (exact) mass is 738 g/mol. The molecule has 1 heterocycles. The first-order chi connectivity index (χ1) is 24.1. The van der Waals surface area contributed by atoms with E-state index in [1.165, 1.54) is 13.8 Å². The Bertz CT molecular complexity index is 1410. The summed E-state index contributed by atoms with van der Waals surface area (Å²) < 4.78 is 0. The lowest BCUT2D eigenvalue weighted by Crippen LogP contribution is -2.62. The summed E-state index contributed by atoms with van der Waals surface area (Å²) in [4.78, 5) is 101. The molecule has 1 saturated heterocycles. The second-order valence-electron chi connectivity index (χ2n) is 11.9. The van der Waals surface area contributed by atoms with Crippen LogP contribution in [0.25, 0.3) is 0 Å². The number of carbonyl (C=O) groups is 8. The normalized spacial score (nSPS) is 17.9. The lowest BCUT2D eigenvalue weighted by molar-refractivity contribution is -0.141. The molecule has 1 aromatic carbocycles. The van der Waals surface area contributed by atoms with Crippen LogP contribution in [0.4, 0.5) is 0 Å². The summed E-state index contributed by atoms with van der Waals surface area (Å²) in [6, 6.07) is -0.440. The van der Waals surface area contributed by atoms with Gasteiger partial charge < -0.3 is 58.3 Å². The third kappa shape index (κ3) is 13.8. The molecule has 0 spiro atoms. The molecule has 0 radical (unpaired) electrons. The van der Waals surface area contributed by atoms with Gasteiger partial charge in [0.2, 0.25) is 41.4 Å². The van der Waals surface area contributed by atoms with Gasteiger partial charge in [-0.2, -0.15) is 12.6 Å². The number of hydrogen-bond acceptors (Lipinski definition) is 12. The average molecular weight is 739 g/mol. The van der Waals surface area contributed by atoms with E-state index in [-0.39, 0.29) is 12.3 Å². The summed E-state index contributed by atoms with van der Waals surface area (Å²) in [7, 11) is 0. The van der Waals surface area contributed by atoms with Crippen molar-refractivity contribution in [3.63, 3.8) is 0 Å². The van der Waals surface area contributed by atoms with Gasteiger partial charge in [-0.1, -0.05) is 30.3 Å². The zero-order valence-corrected chi connectivity index (χ0v) is 29.0. The SMILES string of the molecule is C[C@H](NC(=O)[C@H](Cc1ccccc1)NC(=O)[C@@H]1CCCN1)C(=O)N[C@H](C(=O)N[C@@H](CS)C(=O)N[C@@H](CC(=O)O)C(=O)N[C@@H](CO)C(N)=O)[C@@H](C)O. The second-order valence-corrected chi connectivity index (χ2v) is 12.3. The number of nitrogens with one attached hydrogen (secondary N) is 7. The van der Waals surface area contributed by atoms with E-state index in [2.05, 4.69) is 44.5 Å². The molecule has 0 unspecified atom stereocenters. The third-order valence-corrected chi connectivity index (χ3v) is 8.14. The number of benzene rings is 1. The lowest BCUT2D eigenvalue weighted by Gasteiger charge is -2.27. The standard InChI is InChI=1S/C31H46N8O11S/c1-15(34-28(47)19(11-17-7-4-3-5-8-17)35-27(46)18-9-6-10-33-18)26(45)39-24(16(2)41)31(50)38-22(14-51)30(49)36-20(12-23(42)43)29(48)37-21(13-40)25(32)44/h3-5,7-8,15-16,18-22,24,33,40-41,51H,6,9-14H2,1-2H3,(H2,32,44)(H,34,47)(H,35,46)(H,36,49)(H,37,48)(H,38,50)(H,39,45)(H,42,43)/t15-,16+,18-,19-,20-,21-,22-,24-/m0/s1. The van der Waals surface area contributed by atoms with Gasteiger partial charge in [-0.15, -0.1) is 0 Å². The van der Waals surface area contributed by atoms with Crippen molar-refractivity contribution in [2.75, 3.05) is 18.9 Å². The number of rotatable bonds is 20. The van der Waals surface area contributed by atoms with E-state index in [9.17, 15) is 53.7 Å². The number of primary amides is 1. The number of aliphatic carboxylic acids is 1. The first-order valence-electron chi connectivity index (χ1n) is 16.1. The van der Waals surface area contributed by atoms with E-state index in [4.69, 9.17) is 5.73 Å². The van der Waals surface area contributed by atoms with Gasteiger partial charge in [-0.25, -0.2) is 0 Å². The van der Waals surface area contributed by atoms with E-state index < -0.39 is 109 Å². The van der Waals surface area contributed by atoms with E-state index in [1.807, 2.05) is 5.32 Å². The van der Waals surface area contributed by atoms with Crippen molar-refractivity contribution in [1.82, 2.24) is 37.2 Å². The van der Waals surface area contributed by atoms with E-state index in [1.54, 1.807) is 30.3 Å². The quantitative estimate of drug-likeness (QED) is 0.0561. The van der Waals surface area contributed by atoms with E-state index >= 15 is 0 Å². The van der Waals surface area contributed by atoms with E-state index in [0.717, 1.165) is 12.0 Å². The van der Waals surface area contributed by atoms with Gasteiger partial charge >= 0.3 is 5.97 Å².